The Balaban J connectivity index is 1.49. The largest absolute Gasteiger partial charge is 0.489 e. The molecule has 0 aliphatic heterocycles. The minimum atomic E-state index is -3.82. The van der Waals surface area contributed by atoms with E-state index in [1.54, 1.807) is 17.6 Å². The molecule has 34 heavy (non-hydrogen) atoms. The van der Waals surface area contributed by atoms with Crippen molar-refractivity contribution in [3.05, 3.63) is 65.9 Å². The minimum Gasteiger partial charge on any atom is -0.489 e. The highest BCUT2D eigenvalue weighted by molar-refractivity contribution is 7.89. The number of carbonyl (C=O) groups excluding carboxylic acids is 1. The average Bonchev–Trinajstić information content (AvgIpc) is 2.86. The van der Waals surface area contributed by atoms with E-state index in [4.69, 9.17) is 9.94 Å². The molecule has 4 rings (SSSR count). The molecule has 3 aromatic rings. The molecule has 8 nitrogen and oxygen atoms in total. The van der Waals surface area contributed by atoms with Crippen LogP contribution in [0.2, 0.25) is 0 Å². The molecule has 0 bridgehead atoms. The van der Waals surface area contributed by atoms with Gasteiger partial charge in [-0.25, -0.2) is 13.9 Å². The zero-order valence-electron chi connectivity index (χ0n) is 19.3. The number of rotatable bonds is 7. The van der Waals surface area contributed by atoms with Crippen molar-refractivity contribution < 1.29 is 23.2 Å². The Hall–Kier alpha value is -3.01. The number of aromatic nitrogens is 1. The van der Waals surface area contributed by atoms with Gasteiger partial charge in [0.05, 0.1) is 16.3 Å². The van der Waals surface area contributed by atoms with Gasteiger partial charge in [-0.2, -0.15) is 4.31 Å². The van der Waals surface area contributed by atoms with Crippen LogP contribution in [0.5, 0.6) is 5.75 Å². The van der Waals surface area contributed by atoms with Gasteiger partial charge in [0.15, 0.2) is 0 Å². The summed E-state index contributed by atoms with van der Waals surface area (Å²) in [6.07, 6.45) is 2.75. The summed E-state index contributed by atoms with van der Waals surface area (Å²) in [6, 6.07) is 15.6. The summed E-state index contributed by atoms with van der Waals surface area (Å²) in [7, 11) is -2.33. The number of hydrogen-bond donors (Lipinski definition) is 2. The van der Waals surface area contributed by atoms with Gasteiger partial charge >= 0.3 is 0 Å². The van der Waals surface area contributed by atoms with Crippen LogP contribution in [0, 0.1) is 12.8 Å². The van der Waals surface area contributed by atoms with Crippen LogP contribution >= 0.6 is 0 Å². The first-order valence-electron chi connectivity index (χ1n) is 11.3. The highest BCUT2D eigenvalue weighted by atomic mass is 32.2. The van der Waals surface area contributed by atoms with E-state index in [-0.39, 0.29) is 4.90 Å². The summed E-state index contributed by atoms with van der Waals surface area (Å²) >= 11 is 0. The van der Waals surface area contributed by atoms with Crippen LogP contribution in [0.15, 0.2) is 59.5 Å². The maximum Gasteiger partial charge on any atom is 0.248 e. The second-order valence-electron chi connectivity index (χ2n) is 8.66. The van der Waals surface area contributed by atoms with E-state index >= 15 is 0 Å². The number of hydrogen-bond acceptors (Lipinski definition) is 6. The van der Waals surface area contributed by atoms with Gasteiger partial charge in [0.2, 0.25) is 15.9 Å². The van der Waals surface area contributed by atoms with E-state index in [1.807, 2.05) is 37.3 Å². The molecule has 1 saturated carbocycles. The van der Waals surface area contributed by atoms with E-state index in [2.05, 4.69) is 4.98 Å². The fourth-order valence-corrected chi connectivity index (χ4v) is 6.08. The van der Waals surface area contributed by atoms with Crippen molar-refractivity contribution in [3.8, 4) is 5.75 Å². The minimum absolute atomic E-state index is 0.126. The van der Waals surface area contributed by atoms with Crippen molar-refractivity contribution in [3.63, 3.8) is 0 Å². The van der Waals surface area contributed by atoms with Crippen LogP contribution in [-0.2, 0) is 21.4 Å². The first-order valence-corrected chi connectivity index (χ1v) is 12.8. The molecule has 9 heteroatoms. The van der Waals surface area contributed by atoms with Crippen LogP contribution in [-0.4, -0.2) is 41.9 Å². The summed E-state index contributed by atoms with van der Waals surface area (Å²) in [5, 5.41) is 10.1. The van der Waals surface area contributed by atoms with Crippen molar-refractivity contribution in [2.45, 2.75) is 50.2 Å². The van der Waals surface area contributed by atoms with Crippen LogP contribution < -0.4 is 10.2 Å². The highest BCUT2D eigenvalue weighted by Gasteiger charge is 2.38. The van der Waals surface area contributed by atoms with Gasteiger partial charge in [-0.1, -0.05) is 31.0 Å². The second kappa shape index (κ2) is 10.1. The molecule has 1 fully saturated rings. The molecule has 1 amide bonds. The number of hydroxylamine groups is 1. The van der Waals surface area contributed by atoms with Crippen molar-refractivity contribution in [1.82, 2.24) is 14.8 Å². The number of amides is 1. The molecule has 0 spiro atoms. The number of nitrogens with zero attached hydrogens (tertiary/aromatic N) is 2. The normalized spacial score (nSPS) is 18.7. The third kappa shape index (κ3) is 4.91. The quantitative estimate of drug-likeness (QED) is 0.391. The second-order valence-corrected chi connectivity index (χ2v) is 10.7. The summed E-state index contributed by atoms with van der Waals surface area (Å²) < 4.78 is 33.7. The Morgan fingerprint density at radius 3 is 2.59 bits per heavy atom. The van der Waals surface area contributed by atoms with Gasteiger partial charge in [-0.3, -0.25) is 15.0 Å². The van der Waals surface area contributed by atoms with E-state index < -0.39 is 27.9 Å². The van der Waals surface area contributed by atoms with E-state index in [9.17, 15) is 13.2 Å². The zero-order chi connectivity index (χ0) is 24.3. The maximum atomic E-state index is 13.2. The number of pyridine rings is 1. The summed E-state index contributed by atoms with van der Waals surface area (Å²) in [4.78, 5) is 16.7. The van der Waals surface area contributed by atoms with Crippen molar-refractivity contribution in [2.24, 2.45) is 5.92 Å². The van der Waals surface area contributed by atoms with Crippen LogP contribution in [0.1, 0.15) is 36.9 Å². The van der Waals surface area contributed by atoms with Crippen molar-refractivity contribution in [1.29, 1.82) is 0 Å². The number of nitrogens with one attached hydrogen (secondary N) is 1. The predicted octanol–water partition coefficient (Wildman–Crippen LogP) is 3.81. The Kier molecular flexibility index (Phi) is 7.16. The number of benzene rings is 2. The fraction of sp³-hybridized carbons (Fsp3) is 0.360. The Bertz CT molecular complexity index is 1280. The lowest BCUT2D eigenvalue weighted by molar-refractivity contribution is -0.136. The molecule has 1 aliphatic carbocycles. The lowest BCUT2D eigenvalue weighted by atomic mass is 9.84. The van der Waals surface area contributed by atoms with Crippen molar-refractivity contribution in [2.75, 3.05) is 7.05 Å². The molecule has 2 aromatic carbocycles. The van der Waals surface area contributed by atoms with Crippen LogP contribution in [0.3, 0.4) is 0 Å². The van der Waals surface area contributed by atoms with E-state index in [1.165, 1.54) is 23.5 Å². The molecule has 2 atom stereocenters. The molecule has 180 valence electrons. The lowest BCUT2D eigenvalue weighted by Crippen LogP contribution is -2.48. The third-order valence-electron chi connectivity index (χ3n) is 6.47. The van der Waals surface area contributed by atoms with E-state index in [0.29, 0.717) is 25.2 Å². The molecule has 0 radical (unpaired) electrons. The van der Waals surface area contributed by atoms with Gasteiger partial charge < -0.3 is 4.74 Å². The molecule has 2 N–H and O–H groups in total. The van der Waals surface area contributed by atoms with Gasteiger partial charge in [0.1, 0.15) is 12.4 Å². The first-order chi connectivity index (χ1) is 16.3. The highest BCUT2D eigenvalue weighted by Crippen LogP contribution is 2.32. The lowest BCUT2D eigenvalue weighted by Gasteiger charge is -2.35. The molecule has 0 saturated heterocycles. The molecule has 1 aliphatic rings. The molecular weight excluding hydrogens is 454 g/mol. The Labute approximate surface area is 199 Å². The Morgan fingerprint density at radius 1 is 1.15 bits per heavy atom. The number of fused-ring (bicyclic) bond motifs is 1. The molecular formula is C25H29N3O5S. The maximum absolute atomic E-state index is 13.2. The topological polar surface area (TPSA) is 109 Å². The van der Waals surface area contributed by atoms with Crippen molar-refractivity contribution >= 4 is 26.8 Å². The van der Waals surface area contributed by atoms with Gasteiger partial charge in [0, 0.05) is 29.7 Å². The zero-order valence-corrected chi connectivity index (χ0v) is 20.1. The fourth-order valence-electron chi connectivity index (χ4n) is 4.66. The number of aryl methyl sites for hydroxylation is 1. The van der Waals surface area contributed by atoms with Gasteiger partial charge in [0.25, 0.3) is 0 Å². The standard InChI is InChI=1S/C25H29N3O5S/c1-17-15-18(21-7-3-5-9-23(21)26-17)16-33-19-11-13-20(14-12-19)34(31,32)28(2)24-10-6-4-8-22(24)25(29)27-30/h3,5,7,9,11-15,22,24,30H,4,6,8,10,16H2,1-2H3,(H,27,29)/t22-,24-/m0/s1. The smallest absolute Gasteiger partial charge is 0.248 e. The molecule has 1 heterocycles. The van der Waals surface area contributed by atoms with Crippen LogP contribution in [0.25, 0.3) is 10.9 Å². The number of para-hydroxylation sites is 1. The van der Waals surface area contributed by atoms with Gasteiger partial charge in [-0.15, -0.1) is 0 Å². The van der Waals surface area contributed by atoms with Gasteiger partial charge in [-0.05, 0) is 56.2 Å². The van der Waals surface area contributed by atoms with E-state index in [0.717, 1.165) is 35.0 Å². The molecule has 0 unspecified atom stereocenters. The van der Waals surface area contributed by atoms with Crippen LogP contribution in [0.4, 0.5) is 0 Å². The third-order valence-corrected chi connectivity index (χ3v) is 8.37. The Morgan fingerprint density at radius 2 is 1.85 bits per heavy atom. The molecule has 1 aromatic heterocycles. The number of carbonyl (C=O) groups is 1. The summed E-state index contributed by atoms with van der Waals surface area (Å²) in [6.45, 7) is 2.27. The number of sulfonamides is 1. The SMILES string of the molecule is Cc1cc(COc2ccc(S(=O)(=O)N(C)[C@H]3CCCC[C@@H]3C(=O)NO)cc2)c2ccccc2n1. The summed E-state index contributed by atoms with van der Waals surface area (Å²) in [5.74, 6) is -0.579. The predicted molar refractivity (Wildman–Crippen MR) is 128 cm³/mol. The monoisotopic (exact) mass is 483 g/mol. The first kappa shape index (κ1) is 24.1. The average molecular weight is 484 g/mol. The summed E-state index contributed by atoms with van der Waals surface area (Å²) in [5.41, 5.74) is 4.49. The number of ether oxygens (including phenoxy) is 1.